The van der Waals surface area contributed by atoms with Crippen molar-refractivity contribution in [3.05, 3.63) is 59.7 Å². The second-order valence-corrected chi connectivity index (χ2v) is 20.2. The summed E-state index contributed by atoms with van der Waals surface area (Å²) in [4.78, 5) is 58.9. The summed E-state index contributed by atoms with van der Waals surface area (Å²) in [7, 11) is 5.64. The van der Waals surface area contributed by atoms with Crippen LogP contribution in [-0.4, -0.2) is 142 Å². The van der Waals surface area contributed by atoms with E-state index in [4.69, 9.17) is 23.7 Å². The summed E-state index contributed by atoms with van der Waals surface area (Å²) >= 11 is 0. The number of Topliss-reactive ketones (excluding diaryl/α,β-unsaturated/α-hetero) is 1. The number of ether oxygens (including phenoxy) is 5. The van der Waals surface area contributed by atoms with Crippen LogP contribution in [0.3, 0.4) is 0 Å². The Morgan fingerprint density at radius 2 is 1.36 bits per heavy atom. The van der Waals surface area contributed by atoms with E-state index in [-0.39, 0.29) is 43.8 Å². The number of rotatable bonds is 28. The molecule has 1 aliphatic rings. The van der Waals surface area contributed by atoms with Gasteiger partial charge < -0.3 is 53.9 Å². The fourth-order valence-electron chi connectivity index (χ4n) is 9.73. The lowest BCUT2D eigenvalue weighted by Gasteiger charge is -2.46. The fraction of sp³-hybridized carbons (Fsp3) is 0.673. The third-order valence-corrected chi connectivity index (χ3v) is 13.7. The summed E-state index contributed by atoms with van der Waals surface area (Å²) in [6.45, 7) is 21.1. The molecular formula is C55H86N2O13. The molecule has 1 fully saturated rings. The molecule has 0 amide bonds. The number of aliphatic hydroxyl groups is 3. The number of benzene rings is 2. The zero-order chi connectivity index (χ0) is 52.7. The van der Waals surface area contributed by atoms with Crippen molar-refractivity contribution in [1.29, 1.82) is 0 Å². The van der Waals surface area contributed by atoms with Crippen molar-refractivity contribution in [2.75, 3.05) is 34.2 Å². The number of nitrogens with zero attached hydrogens (tertiary/aromatic N) is 2. The molecule has 0 unspecified atom stereocenters. The molecule has 4 N–H and O–H groups in total. The van der Waals surface area contributed by atoms with Gasteiger partial charge in [-0.1, -0.05) is 72.7 Å². The first-order chi connectivity index (χ1) is 32.8. The molecule has 1 aliphatic heterocycles. The van der Waals surface area contributed by atoms with Gasteiger partial charge in [-0.2, -0.15) is 0 Å². The lowest BCUT2D eigenvalue weighted by Crippen LogP contribution is -2.60. The minimum atomic E-state index is -1.67. The lowest BCUT2D eigenvalue weighted by atomic mass is 9.78. The van der Waals surface area contributed by atoms with Crippen molar-refractivity contribution < 1.29 is 63.3 Å². The number of allylic oxidation sites excluding steroid dienone is 2. The van der Waals surface area contributed by atoms with Crippen molar-refractivity contribution in [3.63, 3.8) is 0 Å². The summed E-state index contributed by atoms with van der Waals surface area (Å²) in [5, 5.41) is 43.7. The van der Waals surface area contributed by atoms with Crippen LogP contribution in [0.15, 0.2) is 48.5 Å². The number of phenolic OH excluding ortho intramolecular Hbond substituents is 1. The number of aliphatic hydroxyl groups excluding tert-OH is 1. The van der Waals surface area contributed by atoms with Crippen LogP contribution < -0.4 is 4.74 Å². The second-order valence-electron chi connectivity index (χ2n) is 20.2. The van der Waals surface area contributed by atoms with E-state index in [0.717, 1.165) is 41.7 Å². The summed E-state index contributed by atoms with van der Waals surface area (Å²) in [6, 6.07) is 13.9. The molecule has 70 heavy (non-hydrogen) atoms. The van der Waals surface area contributed by atoms with E-state index in [1.54, 1.807) is 52.0 Å². The third kappa shape index (κ3) is 17.2. The molecule has 394 valence electrons. The highest BCUT2D eigenvalue weighted by molar-refractivity contribution is 6.00. The fourth-order valence-corrected chi connectivity index (χ4v) is 9.73. The Morgan fingerprint density at radius 3 is 1.87 bits per heavy atom. The first-order valence-corrected chi connectivity index (χ1v) is 25.4. The van der Waals surface area contributed by atoms with Gasteiger partial charge in [-0.15, -0.1) is 0 Å². The summed E-state index contributed by atoms with van der Waals surface area (Å²) in [5.41, 5.74) is 1.03. The van der Waals surface area contributed by atoms with Crippen molar-refractivity contribution in [1.82, 2.24) is 9.80 Å². The molecule has 0 aromatic heterocycles. The molecule has 0 spiro atoms. The largest absolute Gasteiger partial charge is 0.508 e. The number of aromatic hydroxyl groups is 1. The Bertz CT molecular complexity index is 2000. The van der Waals surface area contributed by atoms with Crippen LogP contribution in [0.4, 0.5) is 0 Å². The number of hydrogen-bond acceptors (Lipinski definition) is 15. The van der Waals surface area contributed by atoms with Gasteiger partial charge >= 0.3 is 17.9 Å². The molecule has 0 saturated carbocycles. The Morgan fingerprint density at radius 1 is 0.800 bits per heavy atom. The number of likely N-dealkylation sites (N-methyl/N-ethyl adjacent to an activating group) is 1. The first-order valence-electron chi connectivity index (χ1n) is 25.4. The van der Waals surface area contributed by atoms with Gasteiger partial charge in [0.05, 0.1) is 42.8 Å². The van der Waals surface area contributed by atoms with Crippen LogP contribution in [0.5, 0.6) is 11.5 Å². The number of phenols is 1. The molecule has 0 aliphatic carbocycles. The van der Waals surface area contributed by atoms with Crippen molar-refractivity contribution in [3.8, 4) is 11.5 Å². The van der Waals surface area contributed by atoms with Gasteiger partial charge in [-0.25, -0.2) is 0 Å². The van der Waals surface area contributed by atoms with Crippen LogP contribution in [0.1, 0.15) is 145 Å². The highest BCUT2D eigenvalue weighted by Gasteiger charge is 2.49. The van der Waals surface area contributed by atoms with Gasteiger partial charge in [0.1, 0.15) is 29.1 Å². The van der Waals surface area contributed by atoms with Crippen LogP contribution >= 0.6 is 0 Å². The van der Waals surface area contributed by atoms with E-state index in [9.17, 15) is 39.6 Å². The Kier molecular flexibility index (Phi) is 23.7. The molecule has 0 radical (unpaired) electrons. The maximum atomic E-state index is 14.4. The van der Waals surface area contributed by atoms with Crippen LogP contribution in [0.2, 0.25) is 0 Å². The predicted molar refractivity (Wildman–Crippen MR) is 271 cm³/mol. The molecule has 15 heteroatoms. The van der Waals surface area contributed by atoms with E-state index >= 15 is 0 Å². The quantitative estimate of drug-likeness (QED) is 0.0277. The van der Waals surface area contributed by atoms with Gasteiger partial charge in [0.25, 0.3) is 0 Å². The van der Waals surface area contributed by atoms with Crippen LogP contribution in [0.25, 0.3) is 11.1 Å². The van der Waals surface area contributed by atoms with Crippen molar-refractivity contribution in [2.24, 2.45) is 17.8 Å². The highest BCUT2D eigenvalue weighted by atomic mass is 16.7. The van der Waals surface area contributed by atoms with Gasteiger partial charge in [0, 0.05) is 18.9 Å². The molecule has 1 heterocycles. The standard InChI is InChI=1S/C55H86N2O13/c1-15-40(58)32-54(10,64)46(18-4)68-52(63)37(9)49(62)36(8)51(55(11,65)31-34(6)33-57(14)19-5)70-53-50(45(56(12)13)30-35(7)66-53)69-48(61)29-28-47(60)67-42-26-22-39(23-27-42)44(17-3)43(16-2)38-20-24-41(59)25-21-38/h20-27,34-37,40,45-46,50-51,53,58-59,64-65H,15-19,28-33H2,1-14H3/b44-43+/t34-,35-,36+,37-,40-,45+,46-,50-,51-,53+,54+,55-/m1/s1. The SMILES string of the molecule is CC/C(=C(/CC)c1ccc(OC(=O)CCC(=O)O[C@H]2[C@H](O[C@H]([C@@H](C)C(=O)[C@@H](C)C(=O)O[C@H](CC)[C@@](C)(O)C[C@H](O)CC)[C@](C)(O)C[C@@H](C)CN(C)CC)O[C@H](C)C[C@@H]2N(C)C)cc1)c1ccc(O)cc1. The number of ketones is 1. The minimum absolute atomic E-state index is 0.0285. The second kappa shape index (κ2) is 27.6. The van der Waals surface area contributed by atoms with E-state index in [0.29, 0.717) is 25.1 Å². The Labute approximate surface area is 417 Å². The predicted octanol–water partition coefficient (Wildman–Crippen LogP) is 7.97. The average molecular weight is 983 g/mol. The Hall–Kier alpha value is -4.22. The summed E-state index contributed by atoms with van der Waals surface area (Å²) in [5.74, 6) is -4.77. The van der Waals surface area contributed by atoms with Gasteiger partial charge in [0.15, 0.2) is 18.2 Å². The zero-order valence-corrected chi connectivity index (χ0v) is 44.5. The van der Waals surface area contributed by atoms with E-state index < -0.39 is 89.6 Å². The molecule has 2 aromatic carbocycles. The lowest BCUT2D eigenvalue weighted by molar-refractivity contribution is -0.296. The molecule has 2 aromatic rings. The van der Waals surface area contributed by atoms with Crippen LogP contribution in [-0.2, 0) is 38.1 Å². The van der Waals surface area contributed by atoms with Crippen molar-refractivity contribution >= 4 is 34.8 Å². The smallest absolute Gasteiger partial charge is 0.316 e. The number of carbonyl (C=O) groups excluding carboxylic acids is 4. The van der Waals surface area contributed by atoms with E-state index in [1.165, 1.54) is 13.8 Å². The average Bonchev–Trinajstić information content (AvgIpc) is 3.30. The molecule has 1 saturated heterocycles. The summed E-state index contributed by atoms with van der Waals surface area (Å²) < 4.78 is 30.6. The summed E-state index contributed by atoms with van der Waals surface area (Å²) in [6.07, 6.45) is -3.63. The maximum absolute atomic E-state index is 14.4. The normalized spacial score (nSPS) is 22.1. The first kappa shape index (κ1) is 60.1. The number of hydrogen-bond donors (Lipinski definition) is 4. The maximum Gasteiger partial charge on any atom is 0.316 e. The molecule has 12 atom stereocenters. The van der Waals surface area contributed by atoms with Crippen molar-refractivity contribution in [2.45, 2.75) is 188 Å². The molecular weight excluding hydrogens is 897 g/mol. The molecule has 3 rings (SSSR count). The van der Waals surface area contributed by atoms with Gasteiger partial charge in [-0.3, -0.25) is 19.2 Å². The van der Waals surface area contributed by atoms with Gasteiger partial charge in [0.2, 0.25) is 0 Å². The topological polar surface area (TPSA) is 202 Å². The molecule has 15 nitrogen and oxygen atoms in total. The van der Waals surface area contributed by atoms with E-state index in [2.05, 4.69) is 18.7 Å². The van der Waals surface area contributed by atoms with E-state index in [1.807, 2.05) is 71.1 Å². The number of carbonyl (C=O) groups is 4. The Balaban J connectivity index is 1.86. The highest BCUT2D eigenvalue weighted by Crippen LogP contribution is 2.37. The van der Waals surface area contributed by atoms with Crippen LogP contribution in [0, 0.1) is 17.8 Å². The number of esters is 3. The molecule has 0 bridgehead atoms. The van der Waals surface area contributed by atoms with Gasteiger partial charge in [-0.05, 0) is 146 Å². The zero-order valence-electron chi connectivity index (χ0n) is 44.5. The minimum Gasteiger partial charge on any atom is -0.508 e. The third-order valence-electron chi connectivity index (χ3n) is 13.7. The monoisotopic (exact) mass is 983 g/mol.